The van der Waals surface area contributed by atoms with E-state index in [4.69, 9.17) is 14.2 Å². The average Bonchev–Trinajstić information content (AvgIpc) is 3.05. The number of amides is 1. The lowest BCUT2D eigenvalue weighted by atomic mass is 9.93. The van der Waals surface area contributed by atoms with Crippen LogP contribution in [0.2, 0.25) is 0 Å². The largest absolute Gasteiger partial charge is 0.443 e. The lowest BCUT2D eigenvalue weighted by molar-refractivity contribution is -0.336. The Hall–Kier alpha value is -2.96. The number of aryl methyl sites for hydroxylation is 2. The molecule has 0 unspecified atom stereocenters. The van der Waals surface area contributed by atoms with E-state index < -0.39 is 24.2 Å². The van der Waals surface area contributed by atoms with Gasteiger partial charge in [-0.3, -0.25) is 9.59 Å². The Morgan fingerprint density at radius 2 is 1.38 bits per heavy atom. The van der Waals surface area contributed by atoms with Crippen LogP contribution in [-0.2, 0) is 23.8 Å². The predicted octanol–water partition coefficient (Wildman–Crippen LogP) is 4.57. The molecule has 0 saturated carbocycles. The van der Waals surface area contributed by atoms with Gasteiger partial charge in [-0.05, 0) is 49.9 Å². The van der Waals surface area contributed by atoms with Gasteiger partial charge in [-0.1, -0.05) is 48.5 Å². The number of rotatable bonds is 4. The van der Waals surface area contributed by atoms with E-state index in [1.165, 1.54) is 13.8 Å². The normalized spacial score (nSPS) is 24.3. The third-order valence-electron chi connectivity index (χ3n) is 6.13. The van der Waals surface area contributed by atoms with Gasteiger partial charge in [-0.15, -0.1) is 0 Å². The molecule has 1 saturated heterocycles. The number of carbonyl (C=O) groups is 2. The number of benzene rings is 2. The first-order chi connectivity index (χ1) is 15.2. The van der Waals surface area contributed by atoms with Crippen molar-refractivity contribution in [3.8, 4) is 0 Å². The quantitative estimate of drug-likeness (QED) is 0.761. The van der Waals surface area contributed by atoms with Crippen LogP contribution in [0.5, 0.6) is 0 Å². The van der Waals surface area contributed by atoms with Crippen LogP contribution >= 0.6 is 0 Å². The van der Waals surface area contributed by atoms with Crippen molar-refractivity contribution >= 4 is 11.7 Å². The molecule has 2 aromatic carbocycles. The number of ether oxygens (including phenoxy) is 3. The minimum atomic E-state index is -1.42. The number of hydrogen-bond donors (Lipinski definition) is 1. The molecule has 6 heteroatoms. The molecular formula is C26H29NO5. The van der Waals surface area contributed by atoms with Crippen LogP contribution in [0.3, 0.4) is 0 Å². The van der Waals surface area contributed by atoms with Crippen LogP contribution in [-0.4, -0.2) is 23.7 Å². The third kappa shape index (κ3) is 4.08. The van der Waals surface area contributed by atoms with Gasteiger partial charge in [0.2, 0.25) is 5.91 Å². The van der Waals surface area contributed by atoms with E-state index in [1.807, 2.05) is 62.4 Å². The zero-order valence-electron chi connectivity index (χ0n) is 19.1. The van der Waals surface area contributed by atoms with Crippen molar-refractivity contribution in [2.45, 2.75) is 65.3 Å². The fourth-order valence-corrected chi connectivity index (χ4v) is 4.74. The van der Waals surface area contributed by atoms with Crippen molar-refractivity contribution in [2.75, 3.05) is 0 Å². The lowest BCUT2D eigenvalue weighted by Gasteiger charge is -2.38. The molecule has 1 amide bonds. The molecular weight excluding hydrogens is 406 g/mol. The van der Waals surface area contributed by atoms with Crippen molar-refractivity contribution < 1.29 is 23.8 Å². The van der Waals surface area contributed by atoms with E-state index in [1.54, 1.807) is 6.92 Å². The number of ketones is 1. The van der Waals surface area contributed by atoms with Crippen LogP contribution in [0.1, 0.15) is 61.7 Å². The molecule has 1 N–H and O–H groups in total. The second-order valence-corrected chi connectivity index (χ2v) is 8.56. The van der Waals surface area contributed by atoms with Gasteiger partial charge in [0, 0.05) is 6.92 Å². The summed E-state index contributed by atoms with van der Waals surface area (Å²) in [7, 11) is 0. The van der Waals surface area contributed by atoms with Crippen molar-refractivity contribution in [3.05, 3.63) is 82.1 Å². The Labute approximate surface area is 188 Å². The highest BCUT2D eigenvalue weighted by Crippen LogP contribution is 2.52. The Morgan fingerprint density at radius 1 is 0.875 bits per heavy atom. The summed E-state index contributed by atoms with van der Waals surface area (Å²) in [5.74, 6) is -1.41. The molecule has 2 aromatic rings. The number of carbonyl (C=O) groups excluding carboxylic acids is 2. The minimum absolute atomic E-state index is 0.153. The summed E-state index contributed by atoms with van der Waals surface area (Å²) >= 11 is 0. The van der Waals surface area contributed by atoms with Crippen molar-refractivity contribution in [1.82, 2.24) is 5.32 Å². The molecule has 3 atom stereocenters. The van der Waals surface area contributed by atoms with Gasteiger partial charge in [-0.2, -0.15) is 0 Å². The number of Topliss-reactive ketones (excluding diaryl/α,β-unsaturated/α-hetero) is 1. The zero-order chi connectivity index (χ0) is 23.0. The number of nitrogens with one attached hydrogen (secondary N) is 1. The van der Waals surface area contributed by atoms with Gasteiger partial charge in [0.25, 0.3) is 0 Å². The van der Waals surface area contributed by atoms with Crippen LogP contribution in [0.25, 0.3) is 0 Å². The Balaban J connectivity index is 1.79. The SMILES string of the molecule is CC(=O)N[C@@H]1CC2(OC(C)=C1C(C)=O)O[C@@H](c1ccccc1C)[C@H](c1ccccc1C)O2. The molecule has 0 radical (unpaired) electrons. The molecule has 2 aliphatic rings. The van der Waals surface area contributed by atoms with E-state index in [0.29, 0.717) is 11.3 Å². The molecule has 0 aromatic heterocycles. The van der Waals surface area contributed by atoms with Crippen LogP contribution in [0.4, 0.5) is 0 Å². The van der Waals surface area contributed by atoms with Crippen LogP contribution < -0.4 is 5.32 Å². The standard InChI is InChI=1S/C26H29NO5/c1-15-10-6-8-12-20(15)24-25(21-13-9-7-11-16(21)2)32-26(31-24)14-22(27-19(5)29)23(17(3)28)18(4)30-26/h6-13,22,24-25H,14H2,1-5H3,(H,27,29)/t22-,24+,25+/m1/s1. The van der Waals surface area contributed by atoms with Crippen LogP contribution in [0, 0.1) is 13.8 Å². The Morgan fingerprint density at radius 3 is 1.81 bits per heavy atom. The smallest absolute Gasteiger partial charge is 0.330 e. The topological polar surface area (TPSA) is 73.9 Å². The van der Waals surface area contributed by atoms with Gasteiger partial charge < -0.3 is 19.5 Å². The van der Waals surface area contributed by atoms with E-state index in [-0.39, 0.29) is 18.1 Å². The summed E-state index contributed by atoms with van der Waals surface area (Å²) in [5, 5.41) is 2.87. The first-order valence-electron chi connectivity index (χ1n) is 10.9. The maximum atomic E-state index is 12.3. The zero-order valence-corrected chi connectivity index (χ0v) is 19.1. The first-order valence-corrected chi connectivity index (χ1v) is 10.9. The van der Waals surface area contributed by atoms with Gasteiger partial charge in [0.05, 0.1) is 18.0 Å². The number of hydrogen-bond acceptors (Lipinski definition) is 5. The van der Waals surface area contributed by atoms with Crippen molar-refractivity contribution in [1.29, 1.82) is 0 Å². The number of allylic oxidation sites excluding steroid dienone is 1. The fourth-order valence-electron chi connectivity index (χ4n) is 4.74. The summed E-state index contributed by atoms with van der Waals surface area (Å²) in [4.78, 5) is 24.2. The van der Waals surface area contributed by atoms with E-state index in [9.17, 15) is 9.59 Å². The van der Waals surface area contributed by atoms with Crippen molar-refractivity contribution in [2.24, 2.45) is 0 Å². The third-order valence-corrected chi connectivity index (χ3v) is 6.13. The fraction of sp³-hybridized carbons (Fsp3) is 0.385. The van der Waals surface area contributed by atoms with Gasteiger partial charge in [-0.25, -0.2) is 0 Å². The van der Waals surface area contributed by atoms with E-state index >= 15 is 0 Å². The molecule has 6 nitrogen and oxygen atoms in total. The molecule has 0 bridgehead atoms. The Bertz CT molecular complexity index is 1040. The molecule has 1 spiro atoms. The monoisotopic (exact) mass is 435 g/mol. The first kappa shape index (κ1) is 22.2. The lowest BCUT2D eigenvalue weighted by Crippen LogP contribution is -2.49. The highest BCUT2D eigenvalue weighted by molar-refractivity contribution is 5.96. The average molecular weight is 436 g/mol. The highest BCUT2D eigenvalue weighted by atomic mass is 16.9. The summed E-state index contributed by atoms with van der Waals surface area (Å²) in [5.41, 5.74) is 4.63. The summed E-state index contributed by atoms with van der Waals surface area (Å²) in [6.45, 7) is 8.69. The molecule has 2 aliphatic heterocycles. The van der Waals surface area contributed by atoms with Gasteiger partial charge >= 0.3 is 5.97 Å². The van der Waals surface area contributed by atoms with Gasteiger partial charge in [0.15, 0.2) is 5.78 Å². The van der Waals surface area contributed by atoms with Gasteiger partial charge in [0.1, 0.15) is 18.0 Å². The van der Waals surface area contributed by atoms with E-state index in [0.717, 1.165) is 22.3 Å². The summed E-state index contributed by atoms with van der Waals surface area (Å²) < 4.78 is 19.3. The molecule has 0 aliphatic carbocycles. The second-order valence-electron chi connectivity index (χ2n) is 8.56. The molecule has 32 heavy (non-hydrogen) atoms. The molecule has 1 fully saturated rings. The van der Waals surface area contributed by atoms with Crippen molar-refractivity contribution in [3.63, 3.8) is 0 Å². The maximum Gasteiger partial charge on any atom is 0.330 e. The summed E-state index contributed by atoms with van der Waals surface area (Å²) in [6.07, 6.45) is -0.659. The predicted molar refractivity (Wildman–Crippen MR) is 119 cm³/mol. The molecule has 168 valence electrons. The molecule has 4 rings (SSSR count). The Kier molecular flexibility index (Phi) is 5.93. The maximum absolute atomic E-state index is 12.3. The molecule has 2 heterocycles. The van der Waals surface area contributed by atoms with E-state index in [2.05, 4.69) is 5.32 Å². The van der Waals surface area contributed by atoms with Crippen LogP contribution in [0.15, 0.2) is 59.9 Å². The second kappa shape index (κ2) is 8.52. The highest BCUT2D eigenvalue weighted by Gasteiger charge is 2.55. The summed E-state index contributed by atoms with van der Waals surface area (Å²) in [6, 6.07) is 15.5. The minimum Gasteiger partial charge on any atom is -0.443 e.